The van der Waals surface area contributed by atoms with E-state index in [0.29, 0.717) is 19.6 Å². The maximum absolute atomic E-state index is 13.0. The first-order chi connectivity index (χ1) is 15.6. The Balaban J connectivity index is 1.36. The van der Waals surface area contributed by atoms with E-state index in [2.05, 4.69) is 10.1 Å². The maximum atomic E-state index is 13.0. The molecule has 2 N–H and O–H groups in total. The number of benzene rings is 2. The zero-order valence-corrected chi connectivity index (χ0v) is 17.9. The summed E-state index contributed by atoms with van der Waals surface area (Å²) in [5.41, 5.74) is 11.3. The second-order valence-corrected chi connectivity index (χ2v) is 8.05. The van der Waals surface area contributed by atoms with E-state index in [4.69, 9.17) is 10.5 Å². The number of nitrogens with zero attached hydrogens (tertiary/aromatic N) is 4. The summed E-state index contributed by atoms with van der Waals surface area (Å²) in [5.74, 6) is 0.773. The fourth-order valence-electron chi connectivity index (χ4n) is 4.29. The van der Waals surface area contributed by atoms with Crippen LogP contribution in [0.1, 0.15) is 28.3 Å². The Morgan fingerprint density at radius 1 is 1.12 bits per heavy atom. The molecule has 1 amide bonds. The van der Waals surface area contributed by atoms with E-state index in [-0.39, 0.29) is 5.91 Å². The number of pyridine rings is 1. The molecule has 3 heterocycles. The van der Waals surface area contributed by atoms with Crippen molar-refractivity contribution in [1.29, 1.82) is 0 Å². The van der Waals surface area contributed by atoms with Crippen molar-refractivity contribution in [1.82, 2.24) is 19.7 Å². The molecule has 0 fully saturated rings. The van der Waals surface area contributed by atoms with Gasteiger partial charge in [-0.25, -0.2) is 9.67 Å². The Morgan fingerprint density at radius 3 is 2.66 bits per heavy atom. The second kappa shape index (κ2) is 8.43. The summed E-state index contributed by atoms with van der Waals surface area (Å²) in [4.78, 5) is 19.5. The number of fused-ring (bicyclic) bond motifs is 3. The average Bonchev–Trinajstić information content (AvgIpc) is 3.26. The SMILES string of the molecule is COc1ccc(Cn2ncc3c4c(cnc32)CN(C(=O)[C@@H](N)c2ccccc2)CC4)cc1. The highest BCUT2D eigenvalue weighted by atomic mass is 16.5. The largest absolute Gasteiger partial charge is 0.497 e. The van der Waals surface area contributed by atoms with Gasteiger partial charge in [0, 0.05) is 24.7 Å². The minimum absolute atomic E-state index is 0.0582. The summed E-state index contributed by atoms with van der Waals surface area (Å²) in [7, 11) is 1.66. The molecule has 1 aliphatic rings. The minimum atomic E-state index is -0.651. The number of hydrogen-bond acceptors (Lipinski definition) is 5. The molecule has 2 aromatic carbocycles. The molecule has 1 atom stereocenters. The molecular formula is C25H25N5O2. The normalized spacial score (nSPS) is 14.2. The number of nitrogens with two attached hydrogens (primary N) is 1. The zero-order chi connectivity index (χ0) is 22.1. The van der Waals surface area contributed by atoms with Crippen LogP contribution in [0.15, 0.2) is 67.0 Å². The van der Waals surface area contributed by atoms with Crippen LogP contribution in [0.25, 0.3) is 11.0 Å². The number of hydrogen-bond donors (Lipinski definition) is 1. The summed E-state index contributed by atoms with van der Waals surface area (Å²) in [6.07, 6.45) is 4.52. The van der Waals surface area contributed by atoms with Gasteiger partial charge in [0.15, 0.2) is 5.65 Å². The standard InChI is InChI=1S/C25H25N5O2/c1-32-20-9-7-17(8-10-20)15-30-24-22(14-28-30)21-11-12-29(16-19(21)13-27-24)25(31)23(26)18-5-3-2-4-6-18/h2-10,13-14,23H,11-12,15-16,26H2,1H3/t23-/m0/s1. The summed E-state index contributed by atoms with van der Waals surface area (Å²) >= 11 is 0. The van der Waals surface area contributed by atoms with Gasteiger partial charge < -0.3 is 15.4 Å². The number of carbonyl (C=O) groups is 1. The summed E-state index contributed by atoms with van der Waals surface area (Å²) < 4.78 is 7.15. The van der Waals surface area contributed by atoms with Crippen LogP contribution in [0.5, 0.6) is 5.75 Å². The predicted octanol–water partition coefficient (Wildman–Crippen LogP) is 3.07. The van der Waals surface area contributed by atoms with Crippen molar-refractivity contribution < 1.29 is 9.53 Å². The van der Waals surface area contributed by atoms with E-state index in [1.54, 1.807) is 7.11 Å². The Kier molecular flexibility index (Phi) is 5.33. The second-order valence-electron chi connectivity index (χ2n) is 8.05. The lowest BCUT2D eigenvalue weighted by Crippen LogP contribution is -2.41. The average molecular weight is 428 g/mol. The summed E-state index contributed by atoms with van der Waals surface area (Å²) in [5, 5.41) is 5.64. The Hall–Kier alpha value is -3.71. The first-order valence-corrected chi connectivity index (χ1v) is 10.7. The molecule has 0 unspecified atom stereocenters. The van der Waals surface area contributed by atoms with Gasteiger partial charge >= 0.3 is 0 Å². The van der Waals surface area contributed by atoms with Gasteiger partial charge in [0.2, 0.25) is 5.91 Å². The molecule has 0 spiro atoms. The zero-order valence-electron chi connectivity index (χ0n) is 17.9. The molecule has 0 radical (unpaired) electrons. The summed E-state index contributed by atoms with van der Waals surface area (Å²) in [6.45, 7) is 1.78. The third kappa shape index (κ3) is 3.71. The van der Waals surface area contributed by atoms with Crippen LogP contribution < -0.4 is 10.5 Å². The van der Waals surface area contributed by atoms with Crippen molar-refractivity contribution in [3.63, 3.8) is 0 Å². The smallest absolute Gasteiger partial charge is 0.244 e. The van der Waals surface area contributed by atoms with E-state index in [1.807, 2.05) is 76.6 Å². The highest BCUT2D eigenvalue weighted by Crippen LogP contribution is 2.28. The molecule has 0 bridgehead atoms. The van der Waals surface area contributed by atoms with Gasteiger partial charge in [-0.1, -0.05) is 42.5 Å². The van der Waals surface area contributed by atoms with Crippen LogP contribution in [-0.4, -0.2) is 39.2 Å². The molecule has 162 valence electrons. The van der Waals surface area contributed by atoms with Crippen LogP contribution in [0, 0.1) is 0 Å². The number of ether oxygens (including phenoxy) is 1. The fourth-order valence-corrected chi connectivity index (χ4v) is 4.29. The number of methoxy groups -OCH3 is 1. The molecule has 7 heteroatoms. The van der Waals surface area contributed by atoms with E-state index < -0.39 is 6.04 Å². The van der Waals surface area contributed by atoms with Crippen molar-refractivity contribution in [3.8, 4) is 5.75 Å². The van der Waals surface area contributed by atoms with E-state index in [1.165, 1.54) is 5.56 Å². The fraction of sp³-hybridized carbons (Fsp3) is 0.240. The quantitative estimate of drug-likeness (QED) is 0.529. The lowest BCUT2D eigenvalue weighted by molar-refractivity contribution is -0.133. The van der Waals surface area contributed by atoms with E-state index in [0.717, 1.165) is 39.9 Å². The topological polar surface area (TPSA) is 86.3 Å². The lowest BCUT2D eigenvalue weighted by atomic mass is 9.98. The van der Waals surface area contributed by atoms with Crippen molar-refractivity contribution in [3.05, 3.63) is 89.2 Å². The van der Waals surface area contributed by atoms with Gasteiger partial charge in [0.1, 0.15) is 11.8 Å². The number of carbonyl (C=O) groups excluding carboxylic acids is 1. The Labute approximate surface area is 186 Å². The van der Waals surface area contributed by atoms with Gasteiger partial charge in [-0.15, -0.1) is 0 Å². The van der Waals surface area contributed by atoms with Gasteiger partial charge in [-0.2, -0.15) is 5.10 Å². The van der Waals surface area contributed by atoms with Crippen LogP contribution in [0.3, 0.4) is 0 Å². The Bertz CT molecular complexity index is 1250. The Morgan fingerprint density at radius 2 is 1.91 bits per heavy atom. The van der Waals surface area contributed by atoms with Crippen molar-refractivity contribution in [2.45, 2.75) is 25.6 Å². The first kappa shape index (κ1) is 20.2. The lowest BCUT2D eigenvalue weighted by Gasteiger charge is -2.31. The molecule has 5 rings (SSSR count). The number of aromatic nitrogens is 3. The van der Waals surface area contributed by atoms with Gasteiger partial charge in [0.05, 0.1) is 19.9 Å². The summed E-state index contributed by atoms with van der Waals surface area (Å²) in [6, 6.07) is 16.8. The highest BCUT2D eigenvalue weighted by Gasteiger charge is 2.27. The molecule has 7 nitrogen and oxygen atoms in total. The van der Waals surface area contributed by atoms with Crippen LogP contribution >= 0.6 is 0 Å². The maximum Gasteiger partial charge on any atom is 0.244 e. The molecular weight excluding hydrogens is 402 g/mol. The molecule has 0 aliphatic carbocycles. The third-order valence-electron chi connectivity index (χ3n) is 6.09. The van der Waals surface area contributed by atoms with Crippen molar-refractivity contribution in [2.24, 2.45) is 5.73 Å². The van der Waals surface area contributed by atoms with Crippen LogP contribution in [0.2, 0.25) is 0 Å². The van der Waals surface area contributed by atoms with Gasteiger partial charge in [-0.05, 0) is 40.8 Å². The minimum Gasteiger partial charge on any atom is -0.497 e. The van der Waals surface area contributed by atoms with Gasteiger partial charge in [0.25, 0.3) is 0 Å². The molecule has 0 saturated heterocycles. The molecule has 4 aromatic rings. The molecule has 1 aliphatic heterocycles. The third-order valence-corrected chi connectivity index (χ3v) is 6.09. The monoisotopic (exact) mass is 427 g/mol. The molecule has 0 saturated carbocycles. The first-order valence-electron chi connectivity index (χ1n) is 10.7. The molecule has 32 heavy (non-hydrogen) atoms. The highest BCUT2D eigenvalue weighted by molar-refractivity contribution is 5.85. The van der Waals surface area contributed by atoms with E-state index in [9.17, 15) is 4.79 Å². The van der Waals surface area contributed by atoms with Crippen LogP contribution in [-0.2, 0) is 24.3 Å². The van der Waals surface area contributed by atoms with Gasteiger partial charge in [-0.3, -0.25) is 4.79 Å². The predicted molar refractivity (Wildman–Crippen MR) is 122 cm³/mol. The van der Waals surface area contributed by atoms with Crippen LogP contribution in [0.4, 0.5) is 0 Å². The molecule has 2 aromatic heterocycles. The number of amides is 1. The van der Waals surface area contributed by atoms with Crippen molar-refractivity contribution in [2.75, 3.05) is 13.7 Å². The van der Waals surface area contributed by atoms with Crippen molar-refractivity contribution >= 4 is 16.9 Å². The number of rotatable bonds is 5. The van der Waals surface area contributed by atoms with E-state index >= 15 is 0 Å².